The lowest BCUT2D eigenvalue weighted by Gasteiger charge is -2.06. The zero-order valence-electron chi connectivity index (χ0n) is 12.7. The van der Waals surface area contributed by atoms with Crippen molar-refractivity contribution in [2.24, 2.45) is 7.05 Å². The maximum atomic E-state index is 12.5. The van der Waals surface area contributed by atoms with Gasteiger partial charge in [-0.1, -0.05) is 12.1 Å². The number of aromatic amines is 1. The number of anilines is 1. The number of hydrogen-bond acceptors (Lipinski definition) is 4. The molecule has 0 saturated heterocycles. The molecule has 0 bridgehead atoms. The molecule has 0 aliphatic rings. The lowest BCUT2D eigenvalue weighted by atomic mass is 10.1. The fraction of sp³-hybridized carbons (Fsp3) is 0.125. The Balaban J connectivity index is 1.71. The number of nitrogens with one attached hydrogen (secondary N) is 2. The molecule has 4 rings (SSSR count). The van der Waals surface area contributed by atoms with E-state index in [2.05, 4.69) is 25.6 Å². The van der Waals surface area contributed by atoms with Gasteiger partial charge >= 0.3 is 0 Å². The average molecular weight is 306 g/mol. The van der Waals surface area contributed by atoms with Gasteiger partial charge in [-0.05, 0) is 19.1 Å². The van der Waals surface area contributed by atoms with E-state index in [1.807, 2.05) is 32.2 Å². The molecule has 0 unspecified atom stereocenters. The van der Waals surface area contributed by atoms with Crippen LogP contribution < -0.4 is 5.32 Å². The standard InChI is InChI=1S/C16H14N6O/c1-9-13-6-11(8-17-15(13)22(2)21-9)19-16(23)12-5-3-4-10-7-18-20-14(10)12/h3-8H,1-2H3,(H,18,20)(H,19,23). The van der Waals surface area contributed by atoms with E-state index in [9.17, 15) is 4.79 Å². The Labute approximate surface area is 131 Å². The van der Waals surface area contributed by atoms with Gasteiger partial charge in [0.25, 0.3) is 5.91 Å². The summed E-state index contributed by atoms with van der Waals surface area (Å²) >= 11 is 0. The summed E-state index contributed by atoms with van der Waals surface area (Å²) in [6.07, 6.45) is 3.33. The minimum Gasteiger partial charge on any atom is -0.320 e. The number of benzene rings is 1. The second-order valence-electron chi connectivity index (χ2n) is 5.40. The van der Waals surface area contributed by atoms with Crippen LogP contribution in [-0.4, -0.2) is 30.9 Å². The van der Waals surface area contributed by atoms with Gasteiger partial charge in [0.1, 0.15) is 0 Å². The van der Waals surface area contributed by atoms with Gasteiger partial charge in [-0.15, -0.1) is 0 Å². The highest BCUT2D eigenvalue weighted by atomic mass is 16.1. The number of carbonyl (C=O) groups is 1. The molecule has 114 valence electrons. The van der Waals surface area contributed by atoms with Gasteiger partial charge in [0.15, 0.2) is 5.65 Å². The SMILES string of the molecule is Cc1nn(C)c2ncc(NC(=O)c3cccc4cn[nH]c34)cc12. The van der Waals surface area contributed by atoms with Gasteiger partial charge < -0.3 is 5.32 Å². The third-order valence-electron chi connectivity index (χ3n) is 3.84. The minimum atomic E-state index is -0.206. The zero-order chi connectivity index (χ0) is 16.0. The van der Waals surface area contributed by atoms with Crippen LogP contribution in [-0.2, 0) is 7.05 Å². The number of para-hydroxylation sites is 1. The Morgan fingerprint density at radius 2 is 2.17 bits per heavy atom. The number of fused-ring (bicyclic) bond motifs is 2. The lowest BCUT2D eigenvalue weighted by molar-refractivity contribution is 0.102. The summed E-state index contributed by atoms with van der Waals surface area (Å²) in [6, 6.07) is 7.38. The van der Waals surface area contributed by atoms with Crippen LogP contribution in [0, 0.1) is 6.92 Å². The van der Waals surface area contributed by atoms with Crippen LogP contribution >= 0.6 is 0 Å². The topological polar surface area (TPSA) is 88.5 Å². The van der Waals surface area contributed by atoms with Crippen LogP contribution in [0.25, 0.3) is 21.9 Å². The molecule has 3 heterocycles. The molecule has 3 aromatic heterocycles. The first-order valence-electron chi connectivity index (χ1n) is 7.16. The molecular weight excluding hydrogens is 292 g/mol. The molecule has 4 aromatic rings. The number of pyridine rings is 1. The quantitative estimate of drug-likeness (QED) is 0.595. The second kappa shape index (κ2) is 4.91. The summed E-state index contributed by atoms with van der Waals surface area (Å²) in [5.41, 5.74) is 3.56. The van der Waals surface area contributed by atoms with Crippen LogP contribution in [0.15, 0.2) is 36.7 Å². The molecule has 2 N–H and O–H groups in total. The van der Waals surface area contributed by atoms with Crippen molar-refractivity contribution in [2.45, 2.75) is 6.92 Å². The number of rotatable bonds is 2. The Kier molecular flexibility index (Phi) is 2.87. The van der Waals surface area contributed by atoms with Gasteiger partial charge in [0.05, 0.1) is 34.9 Å². The van der Waals surface area contributed by atoms with Gasteiger partial charge in [0.2, 0.25) is 0 Å². The monoisotopic (exact) mass is 306 g/mol. The van der Waals surface area contributed by atoms with Gasteiger partial charge in [-0.3, -0.25) is 14.6 Å². The average Bonchev–Trinajstić information content (AvgIpc) is 3.12. The molecule has 1 amide bonds. The molecule has 7 nitrogen and oxygen atoms in total. The highest BCUT2D eigenvalue weighted by Gasteiger charge is 2.13. The molecule has 0 atom stereocenters. The van der Waals surface area contributed by atoms with Crippen molar-refractivity contribution in [3.63, 3.8) is 0 Å². The molecule has 0 aliphatic heterocycles. The van der Waals surface area contributed by atoms with E-state index in [1.54, 1.807) is 23.1 Å². The molecule has 0 radical (unpaired) electrons. The Morgan fingerprint density at radius 3 is 3.04 bits per heavy atom. The minimum absolute atomic E-state index is 0.206. The van der Waals surface area contributed by atoms with Crippen molar-refractivity contribution in [1.29, 1.82) is 0 Å². The Morgan fingerprint density at radius 1 is 1.30 bits per heavy atom. The summed E-state index contributed by atoms with van der Waals surface area (Å²) in [6.45, 7) is 1.92. The van der Waals surface area contributed by atoms with E-state index in [4.69, 9.17) is 0 Å². The van der Waals surface area contributed by atoms with Crippen molar-refractivity contribution < 1.29 is 4.79 Å². The molecule has 0 aliphatic carbocycles. The highest BCUT2D eigenvalue weighted by molar-refractivity contribution is 6.12. The summed E-state index contributed by atoms with van der Waals surface area (Å²) < 4.78 is 1.72. The Bertz CT molecular complexity index is 1050. The predicted molar refractivity (Wildman–Crippen MR) is 87.3 cm³/mol. The molecule has 0 spiro atoms. The van der Waals surface area contributed by atoms with E-state index in [0.29, 0.717) is 11.3 Å². The van der Waals surface area contributed by atoms with E-state index >= 15 is 0 Å². The van der Waals surface area contributed by atoms with Crippen LogP contribution in [0.2, 0.25) is 0 Å². The number of amides is 1. The molecule has 7 heteroatoms. The molecule has 1 aromatic carbocycles. The third kappa shape index (κ3) is 2.13. The first-order valence-corrected chi connectivity index (χ1v) is 7.16. The molecule has 23 heavy (non-hydrogen) atoms. The number of hydrogen-bond donors (Lipinski definition) is 2. The molecule has 0 saturated carbocycles. The normalized spacial score (nSPS) is 11.2. The molecule has 0 fully saturated rings. The van der Waals surface area contributed by atoms with Gasteiger partial charge in [0, 0.05) is 17.8 Å². The van der Waals surface area contributed by atoms with E-state index in [0.717, 1.165) is 27.6 Å². The van der Waals surface area contributed by atoms with Crippen LogP contribution in [0.4, 0.5) is 5.69 Å². The zero-order valence-corrected chi connectivity index (χ0v) is 12.7. The van der Waals surface area contributed by atoms with Gasteiger partial charge in [-0.2, -0.15) is 10.2 Å². The summed E-state index contributed by atoms with van der Waals surface area (Å²) in [4.78, 5) is 16.9. The van der Waals surface area contributed by atoms with Crippen molar-refractivity contribution in [2.75, 3.05) is 5.32 Å². The summed E-state index contributed by atoms with van der Waals surface area (Å²) in [7, 11) is 1.85. The van der Waals surface area contributed by atoms with E-state index in [-0.39, 0.29) is 5.91 Å². The Hall–Kier alpha value is -3.22. The molecular formula is C16H14N6O. The fourth-order valence-corrected chi connectivity index (χ4v) is 2.73. The maximum Gasteiger partial charge on any atom is 0.257 e. The van der Waals surface area contributed by atoms with Crippen LogP contribution in [0.3, 0.4) is 0 Å². The van der Waals surface area contributed by atoms with Crippen LogP contribution in [0.5, 0.6) is 0 Å². The largest absolute Gasteiger partial charge is 0.320 e. The van der Waals surface area contributed by atoms with E-state index in [1.165, 1.54) is 0 Å². The van der Waals surface area contributed by atoms with Crippen molar-refractivity contribution >= 4 is 33.5 Å². The number of H-pyrrole nitrogens is 1. The number of nitrogens with zero attached hydrogens (tertiary/aromatic N) is 4. The maximum absolute atomic E-state index is 12.5. The highest BCUT2D eigenvalue weighted by Crippen LogP contribution is 2.21. The van der Waals surface area contributed by atoms with Crippen molar-refractivity contribution in [3.05, 3.63) is 47.9 Å². The third-order valence-corrected chi connectivity index (χ3v) is 3.84. The van der Waals surface area contributed by atoms with Gasteiger partial charge in [-0.25, -0.2) is 4.98 Å². The lowest BCUT2D eigenvalue weighted by Crippen LogP contribution is -2.12. The fourth-order valence-electron chi connectivity index (χ4n) is 2.73. The van der Waals surface area contributed by atoms with Crippen LogP contribution in [0.1, 0.15) is 16.1 Å². The van der Waals surface area contributed by atoms with E-state index < -0.39 is 0 Å². The predicted octanol–water partition coefficient (Wildman–Crippen LogP) is 2.41. The second-order valence-corrected chi connectivity index (χ2v) is 5.40. The summed E-state index contributed by atoms with van der Waals surface area (Å²) in [5, 5.41) is 15.9. The summed E-state index contributed by atoms with van der Waals surface area (Å²) in [5.74, 6) is -0.206. The van der Waals surface area contributed by atoms with Crippen molar-refractivity contribution in [1.82, 2.24) is 25.0 Å². The first-order chi connectivity index (χ1) is 11.1. The number of aryl methyl sites for hydroxylation is 2. The first kappa shape index (κ1) is 13.4. The number of carbonyl (C=O) groups excluding carboxylic acids is 1. The smallest absolute Gasteiger partial charge is 0.257 e. The van der Waals surface area contributed by atoms with Crippen molar-refractivity contribution in [3.8, 4) is 0 Å². The number of aromatic nitrogens is 5.